The van der Waals surface area contributed by atoms with E-state index in [1.165, 1.54) is 0 Å². The molecule has 2 aromatic rings. The Labute approximate surface area is 133 Å². The Morgan fingerprint density at radius 3 is 2.67 bits per heavy atom. The third-order valence-corrected chi connectivity index (χ3v) is 5.47. The van der Waals surface area contributed by atoms with Gasteiger partial charge in [-0.2, -0.15) is 0 Å². The maximum atomic E-state index is 11.7. The minimum atomic E-state index is 0.234. The molecule has 0 bridgehead atoms. The normalized spacial score (nSPS) is 15.8. The zero-order chi connectivity index (χ0) is 15.0. The second kappa shape index (κ2) is 5.81. The second-order valence-electron chi connectivity index (χ2n) is 5.26. The zero-order valence-corrected chi connectivity index (χ0v) is 13.8. The minimum absolute atomic E-state index is 0.234. The van der Waals surface area contributed by atoms with Crippen LogP contribution in [-0.4, -0.2) is 42.0 Å². The van der Waals surface area contributed by atoms with Crippen molar-refractivity contribution in [2.45, 2.75) is 20.3 Å². The van der Waals surface area contributed by atoms with Crippen molar-refractivity contribution in [1.82, 2.24) is 9.88 Å². The highest BCUT2D eigenvalue weighted by atomic mass is 35.5. The molecule has 2 heterocycles. The maximum absolute atomic E-state index is 11.7. The number of halogens is 1. The molecule has 0 atom stereocenters. The lowest BCUT2D eigenvalue weighted by molar-refractivity contribution is -0.131. The molecule has 0 aliphatic carbocycles. The van der Waals surface area contributed by atoms with Crippen molar-refractivity contribution >= 4 is 44.2 Å². The standard InChI is InChI=1S/C15H18ClN3OS/c1-3-12(20)18-6-8-19(9-7-18)15-17-13-10(2)4-5-11(16)14(13)21-15/h4-5H,3,6-9H2,1-2H3. The predicted octanol–water partition coefficient (Wildman–Crippen LogP) is 3.32. The van der Waals surface area contributed by atoms with Crippen molar-refractivity contribution in [3.05, 3.63) is 22.7 Å². The number of fused-ring (bicyclic) bond motifs is 1. The molecule has 1 aromatic heterocycles. The van der Waals surface area contributed by atoms with Crippen LogP contribution in [0.3, 0.4) is 0 Å². The Bertz CT molecular complexity index is 638. The van der Waals surface area contributed by atoms with Crippen LogP contribution in [0.25, 0.3) is 10.2 Å². The number of amides is 1. The van der Waals surface area contributed by atoms with Crippen molar-refractivity contribution in [1.29, 1.82) is 0 Å². The molecule has 0 N–H and O–H groups in total. The minimum Gasteiger partial charge on any atom is -0.345 e. The summed E-state index contributed by atoms with van der Waals surface area (Å²) in [4.78, 5) is 20.6. The molecule has 0 saturated carbocycles. The fraction of sp³-hybridized carbons (Fsp3) is 0.467. The summed E-state index contributed by atoms with van der Waals surface area (Å²) in [6, 6.07) is 3.94. The smallest absolute Gasteiger partial charge is 0.222 e. The van der Waals surface area contributed by atoms with Crippen LogP contribution in [0.4, 0.5) is 5.13 Å². The van der Waals surface area contributed by atoms with Gasteiger partial charge < -0.3 is 9.80 Å². The van der Waals surface area contributed by atoms with Gasteiger partial charge in [0.2, 0.25) is 5.91 Å². The van der Waals surface area contributed by atoms with Gasteiger partial charge in [-0.25, -0.2) is 4.98 Å². The van der Waals surface area contributed by atoms with E-state index in [0.717, 1.165) is 52.1 Å². The van der Waals surface area contributed by atoms with Gasteiger partial charge in [0.25, 0.3) is 0 Å². The van der Waals surface area contributed by atoms with Crippen LogP contribution in [0.2, 0.25) is 5.02 Å². The van der Waals surface area contributed by atoms with Gasteiger partial charge in [0.1, 0.15) is 0 Å². The molecule has 21 heavy (non-hydrogen) atoms. The first-order chi connectivity index (χ1) is 10.1. The number of aromatic nitrogens is 1. The largest absolute Gasteiger partial charge is 0.345 e. The SMILES string of the molecule is CCC(=O)N1CCN(c2nc3c(C)ccc(Cl)c3s2)CC1. The van der Waals surface area contributed by atoms with Crippen LogP contribution >= 0.6 is 22.9 Å². The number of carbonyl (C=O) groups excluding carboxylic acids is 1. The van der Waals surface area contributed by atoms with Crippen LogP contribution in [0.5, 0.6) is 0 Å². The van der Waals surface area contributed by atoms with Crippen molar-refractivity contribution in [3.63, 3.8) is 0 Å². The quantitative estimate of drug-likeness (QED) is 0.850. The Balaban J connectivity index is 1.81. The van der Waals surface area contributed by atoms with E-state index < -0.39 is 0 Å². The third kappa shape index (κ3) is 2.72. The van der Waals surface area contributed by atoms with Crippen LogP contribution in [0.15, 0.2) is 12.1 Å². The van der Waals surface area contributed by atoms with Gasteiger partial charge in [-0.15, -0.1) is 0 Å². The van der Waals surface area contributed by atoms with Gasteiger partial charge in [-0.3, -0.25) is 4.79 Å². The van der Waals surface area contributed by atoms with Crippen LogP contribution in [-0.2, 0) is 4.79 Å². The van der Waals surface area contributed by atoms with Crippen LogP contribution in [0.1, 0.15) is 18.9 Å². The molecule has 1 fully saturated rings. The molecule has 1 aliphatic heterocycles. The molecule has 0 spiro atoms. The molecule has 112 valence electrons. The highest BCUT2D eigenvalue weighted by molar-refractivity contribution is 7.22. The van der Waals surface area contributed by atoms with E-state index >= 15 is 0 Å². The monoisotopic (exact) mass is 323 g/mol. The van der Waals surface area contributed by atoms with Crippen molar-refractivity contribution < 1.29 is 4.79 Å². The van der Waals surface area contributed by atoms with E-state index in [9.17, 15) is 4.79 Å². The summed E-state index contributed by atoms with van der Waals surface area (Å²) in [5, 5.41) is 1.77. The number of piperazine rings is 1. The molecular weight excluding hydrogens is 306 g/mol. The van der Waals surface area contributed by atoms with Crippen LogP contribution < -0.4 is 4.90 Å². The lowest BCUT2D eigenvalue weighted by Gasteiger charge is -2.34. The Kier molecular flexibility index (Phi) is 4.04. The molecule has 6 heteroatoms. The number of carbonyl (C=O) groups is 1. The summed E-state index contributed by atoms with van der Waals surface area (Å²) in [6.07, 6.45) is 0.579. The summed E-state index contributed by atoms with van der Waals surface area (Å²) in [6.45, 7) is 7.18. The lowest BCUT2D eigenvalue weighted by Crippen LogP contribution is -2.48. The molecule has 0 unspecified atom stereocenters. The van der Waals surface area contributed by atoms with E-state index in [2.05, 4.69) is 11.8 Å². The molecule has 3 rings (SSSR count). The fourth-order valence-corrected chi connectivity index (χ4v) is 3.97. The number of thiazole rings is 1. The van der Waals surface area contributed by atoms with Gasteiger partial charge in [0, 0.05) is 32.6 Å². The Morgan fingerprint density at radius 1 is 1.33 bits per heavy atom. The number of anilines is 1. The van der Waals surface area contributed by atoms with Gasteiger partial charge >= 0.3 is 0 Å². The van der Waals surface area contributed by atoms with E-state index in [1.54, 1.807) is 11.3 Å². The first-order valence-corrected chi connectivity index (χ1v) is 8.38. The summed E-state index contributed by atoms with van der Waals surface area (Å²) < 4.78 is 1.05. The number of rotatable bonds is 2. The first kappa shape index (κ1) is 14.6. The number of benzene rings is 1. The average Bonchev–Trinajstić information content (AvgIpc) is 2.97. The topological polar surface area (TPSA) is 36.4 Å². The maximum Gasteiger partial charge on any atom is 0.222 e. The summed E-state index contributed by atoms with van der Waals surface area (Å²) in [7, 11) is 0. The fourth-order valence-electron chi connectivity index (χ4n) is 2.60. The Hall–Kier alpha value is -1.33. The number of hydrogen-bond donors (Lipinski definition) is 0. The average molecular weight is 324 g/mol. The van der Waals surface area contributed by atoms with Gasteiger partial charge in [0.15, 0.2) is 5.13 Å². The van der Waals surface area contributed by atoms with Crippen molar-refractivity contribution in [2.24, 2.45) is 0 Å². The molecule has 1 amide bonds. The van der Waals surface area contributed by atoms with E-state index in [0.29, 0.717) is 6.42 Å². The highest BCUT2D eigenvalue weighted by Gasteiger charge is 2.22. The van der Waals surface area contributed by atoms with Gasteiger partial charge in [-0.05, 0) is 18.6 Å². The lowest BCUT2D eigenvalue weighted by atomic mass is 10.2. The van der Waals surface area contributed by atoms with Crippen molar-refractivity contribution in [2.75, 3.05) is 31.1 Å². The first-order valence-electron chi connectivity index (χ1n) is 7.18. The van der Waals surface area contributed by atoms with E-state index in [-0.39, 0.29) is 5.91 Å². The summed E-state index contributed by atoms with van der Waals surface area (Å²) >= 11 is 7.90. The predicted molar refractivity (Wildman–Crippen MR) is 88.5 cm³/mol. The molecule has 1 saturated heterocycles. The molecule has 1 aromatic carbocycles. The summed E-state index contributed by atoms with van der Waals surface area (Å²) in [5.41, 5.74) is 2.14. The molecule has 1 aliphatic rings. The van der Waals surface area contributed by atoms with Gasteiger partial charge in [0.05, 0.1) is 15.2 Å². The molecular formula is C15H18ClN3OS. The number of nitrogens with zero attached hydrogens (tertiary/aromatic N) is 3. The molecule has 0 radical (unpaired) electrons. The number of aryl methyl sites for hydroxylation is 1. The van der Waals surface area contributed by atoms with Crippen molar-refractivity contribution in [3.8, 4) is 0 Å². The number of hydrogen-bond acceptors (Lipinski definition) is 4. The summed E-state index contributed by atoms with van der Waals surface area (Å²) in [5.74, 6) is 0.234. The van der Waals surface area contributed by atoms with Gasteiger partial charge in [-0.1, -0.05) is 35.9 Å². The van der Waals surface area contributed by atoms with E-state index in [4.69, 9.17) is 16.6 Å². The van der Waals surface area contributed by atoms with Crippen LogP contribution in [0, 0.1) is 6.92 Å². The van der Waals surface area contributed by atoms with E-state index in [1.807, 2.05) is 24.0 Å². The Morgan fingerprint density at radius 2 is 2.05 bits per heavy atom. The third-order valence-electron chi connectivity index (χ3n) is 3.89. The highest BCUT2D eigenvalue weighted by Crippen LogP contribution is 2.35. The second-order valence-corrected chi connectivity index (χ2v) is 6.64. The molecule has 4 nitrogen and oxygen atoms in total. The zero-order valence-electron chi connectivity index (χ0n) is 12.2.